The van der Waals surface area contributed by atoms with Crippen LogP contribution in [0.2, 0.25) is 5.02 Å². The highest BCUT2D eigenvalue weighted by Crippen LogP contribution is 2.32. The summed E-state index contributed by atoms with van der Waals surface area (Å²) in [5.74, 6) is 0.697. The number of hydrogen-bond acceptors (Lipinski definition) is 1. The van der Waals surface area contributed by atoms with E-state index in [2.05, 4.69) is 23.7 Å². The summed E-state index contributed by atoms with van der Waals surface area (Å²) in [5, 5.41) is 9.31. The maximum atomic E-state index is 13.6. The summed E-state index contributed by atoms with van der Waals surface area (Å²) < 4.78 is 19.6. The van der Waals surface area contributed by atoms with Crippen LogP contribution in [0, 0.1) is 17.1 Å². The molecule has 0 amide bonds. The van der Waals surface area contributed by atoms with Crippen LogP contribution in [0.15, 0.2) is 48.6 Å². The van der Waals surface area contributed by atoms with Crippen LogP contribution in [-0.2, 0) is 6.42 Å². The van der Waals surface area contributed by atoms with Crippen LogP contribution in [0.5, 0.6) is 0 Å². The first-order valence-electron chi connectivity index (χ1n) is 7.92. The third-order valence-electron chi connectivity index (χ3n) is 4.41. The molecule has 5 heteroatoms. The maximum absolute atomic E-state index is 13.6. The Bertz CT molecular complexity index is 1100. The van der Waals surface area contributed by atoms with Gasteiger partial charge in [-0.05, 0) is 41.3 Å². The molecule has 25 heavy (non-hydrogen) atoms. The van der Waals surface area contributed by atoms with Gasteiger partial charge in [-0.25, -0.2) is 4.39 Å². The topological polar surface area (TPSA) is 40.9 Å². The number of benzene rings is 2. The second-order valence-corrected chi connectivity index (χ2v) is 6.19. The van der Waals surface area contributed by atoms with E-state index in [9.17, 15) is 9.65 Å². The number of hydrogen-bond donors (Lipinski definition) is 0. The van der Waals surface area contributed by atoms with Gasteiger partial charge in [0.05, 0.1) is 15.3 Å². The van der Waals surface area contributed by atoms with Crippen molar-refractivity contribution in [3.05, 3.63) is 70.5 Å². The molecule has 2 aromatic carbocycles. The van der Waals surface area contributed by atoms with Gasteiger partial charge in [0.2, 0.25) is 5.71 Å². The van der Waals surface area contributed by atoms with Crippen molar-refractivity contribution in [2.45, 2.75) is 13.3 Å². The average Bonchev–Trinajstić information content (AvgIpc) is 2.94. The normalized spacial score (nSPS) is 14.6. The average molecular weight is 350 g/mol. The van der Waals surface area contributed by atoms with Gasteiger partial charge in [-0.2, -0.15) is 5.26 Å². The van der Waals surface area contributed by atoms with Gasteiger partial charge in [-0.3, -0.25) is 0 Å². The zero-order chi connectivity index (χ0) is 17.6. The van der Waals surface area contributed by atoms with Crippen LogP contribution < -0.4 is 4.67 Å². The number of nitriles is 1. The highest BCUT2D eigenvalue weighted by Gasteiger charge is 2.52. The van der Waals surface area contributed by atoms with Gasteiger partial charge in [0.25, 0.3) is 6.07 Å². The van der Waals surface area contributed by atoms with Gasteiger partial charge < -0.3 is 0 Å². The Hall–Kier alpha value is -2.99. The van der Waals surface area contributed by atoms with Crippen LogP contribution in [0.25, 0.3) is 11.1 Å². The summed E-state index contributed by atoms with van der Waals surface area (Å²) in [6.07, 6.45) is 4.66. The van der Waals surface area contributed by atoms with Crippen molar-refractivity contribution in [3.63, 3.8) is 0 Å². The summed E-state index contributed by atoms with van der Waals surface area (Å²) in [6, 6.07) is 12.9. The SMILES string of the molecule is CCc1cccc(C2=[N+]3C(C#N)=[N+]=C3C=C2)c1-c1ccc(F)c(Cl)c1. The Morgan fingerprint density at radius 3 is 2.80 bits per heavy atom. The van der Waals surface area contributed by atoms with Gasteiger partial charge in [0, 0.05) is 10.7 Å². The molecular weight excluding hydrogens is 337 g/mol. The quantitative estimate of drug-likeness (QED) is 0.617. The molecule has 0 spiro atoms. The molecule has 120 valence electrons. The van der Waals surface area contributed by atoms with E-state index in [-0.39, 0.29) is 5.02 Å². The molecule has 0 fully saturated rings. The Kier molecular flexibility index (Phi) is 3.62. The van der Waals surface area contributed by atoms with Gasteiger partial charge in [-0.15, -0.1) is 0 Å². The smallest absolute Gasteiger partial charge is 0.205 e. The molecule has 0 aliphatic carbocycles. The number of nitrogens with zero attached hydrogens (tertiary/aromatic N) is 3. The van der Waals surface area contributed by atoms with Gasteiger partial charge in [-0.1, -0.05) is 36.7 Å². The van der Waals surface area contributed by atoms with Gasteiger partial charge in [0.15, 0.2) is 0 Å². The van der Waals surface area contributed by atoms with Crippen LogP contribution in [0.1, 0.15) is 18.1 Å². The number of amidine groups is 2. The van der Waals surface area contributed by atoms with E-state index in [1.165, 1.54) is 6.07 Å². The molecule has 0 saturated carbocycles. The number of fused-ring (bicyclic) bond motifs is 1. The van der Waals surface area contributed by atoms with Crippen molar-refractivity contribution in [2.24, 2.45) is 0 Å². The second-order valence-electron chi connectivity index (χ2n) is 5.78. The van der Waals surface area contributed by atoms with Crippen molar-refractivity contribution in [1.29, 1.82) is 5.26 Å². The molecule has 0 radical (unpaired) electrons. The zero-order valence-electron chi connectivity index (χ0n) is 13.4. The molecule has 2 aliphatic heterocycles. The first-order valence-corrected chi connectivity index (χ1v) is 8.30. The Morgan fingerprint density at radius 1 is 1.24 bits per heavy atom. The predicted molar refractivity (Wildman–Crippen MR) is 97.5 cm³/mol. The lowest BCUT2D eigenvalue weighted by atomic mass is 9.90. The molecule has 2 aliphatic rings. The second kappa shape index (κ2) is 5.82. The van der Waals surface area contributed by atoms with Crippen LogP contribution in [0.4, 0.5) is 4.39 Å². The Balaban J connectivity index is 1.97. The van der Waals surface area contributed by atoms with E-state index in [4.69, 9.17) is 11.6 Å². The van der Waals surface area contributed by atoms with E-state index < -0.39 is 5.82 Å². The highest BCUT2D eigenvalue weighted by molar-refractivity contribution is 6.31. The molecule has 0 unspecified atom stereocenters. The van der Waals surface area contributed by atoms with E-state index in [1.54, 1.807) is 12.1 Å². The van der Waals surface area contributed by atoms with Gasteiger partial charge in [0.1, 0.15) is 11.9 Å². The number of aryl methyl sites for hydroxylation is 1. The lowest BCUT2D eigenvalue weighted by molar-refractivity contribution is -0.276. The monoisotopic (exact) mass is 349 g/mol. The molecule has 0 N–H and O–H groups in total. The first kappa shape index (κ1) is 15.5. The minimum atomic E-state index is -0.438. The molecule has 0 aromatic heterocycles. The van der Waals surface area contributed by atoms with Crippen LogP contribution in [-0.4, -0.2) is 22.0 Å². The molecule has 3 nitrogen and oxygen atoms in total. The van der Waals surface area contributed by atoms with Crippen molar-refractivity contribution in [3.8, 4) is 17.2 Å². The molecular formula is C20H13ClFN3+2. The molecule has 2 aromatic rings. The maximum Gasteiger partial charge on any atom is 0.657 e. The Labute approximate surface area is 149 Å². The Morgan fingerprint density at radius 2 is 2.08 bits per heavy atom. The third kappa shape index (κ3) is 2.34. The largest absolute Gasteiger partial charge is 0.657 e. The lowest BCUT2D eigenvalue weighted by Gasteiger charge is -2.13. The molecule has 0 saturated heterocycles. The summed E-state index contributed by atoms with van der Waals surface area (Å²) in [5.41, 5.74) is 4.84. The van der Waals surface area contributed by atoms with Crippen LogP contribution >= 0.6 is 11.6 Å². The van der Waals surface area contributed by atoms with Crippen molar-refractivity contribution < 1.29 is 8.97 Å². The highest BCUT2D eigenvalue weighted by atomic mass is 35.5. The fraction of sp³-hybridized carbons (Fsp3) is 0.100. The van der Waals surface area contributed by atoms with E-state index in [1.807, 2.05) is 28.9 Å². The minimum absolute atomic E-state index is 0.0943. The van der Waals surface area contributed by atoms with E-state index in [0.717, 1.165) is 40.2 Å². The third-order valence-corrected chi connectivity index (χ3v) is 4.70. The summed E-state index contributed by atoms with van der Waals surface area (Å²) in [7, 11) is 0. The molecule has 4 rings (SSSR count). The fourth-order valence-corrected chi connectivity index (χ4v) is 3.42. The van der Waals surface area contributed by atoms with E-state index in [0.29, 0.717) is 5.84 Å². The molecule has 2 heterocycles. The number of halogens is 2. The van der Waals surface area contributed by atoms with Crippen molar-refractivity contribution in [2.75, 3.05) is 0 Å². The predicted octanol–water partition coefficient (Wildman–Crippen LogP) is 3.48. The summed E-state index contributed by atoms with van der Waals surface area (Å²) >= 11 is 6.01. The summed E-state index contributed by atoms with van der Waals surface area (Å²) in [4.78, 5) is 0. The van der Waals surface area contributed by atoms with Crippen molar-refractivity contribution in [1.82, 2.24) is 4.67 Å². The zero-order valence-corrected chi connectivity index (χ0v) is 14.2. The lowest BCUT2D eigenvalue weighted by Crippen LogP contribution is -2.39. The standard InChI is InChI=1S/C20H13ClFN3/c1-2-12-4-3-5-14(17-8-9-18-24-19(11-23)25(17)18)20(12)13-6-7-16(22)15(21)10-13/h3-10H,2H2,1H3/q+2. The molecule has 0 atom stereocenters. The first-order chi connectivity index (χ1) is 12.1. The van der Waals surface area contributed by atoms with E-state index >= 15 is 0 Å². The van der Waals surface area contributed by atoms with Crippen LogP contribution in [0.3, 0.4) is 0 Å². The fourth-order valence-electron chi connectivity index (χ4n) is 3.24. The van der Waals surface area contributed by atoms with Crippen molar-refractivity contribution >= 4 is 29.0 Å². The van der Waals surface area contributed by atoms with Gasteiger partial charge >= 0.3 is 11.7 Å². The number of rotatable bonds is 3. The molecule has 0 bridgehead atoms. The number of allylic oxidation sites excluding steroid dienone is 1. The summed E-state index contributed by atoms with van der Waals surface area (Å²) in [6.45, 7) is 2.08. The minimum Gasteiger partial charge on any atom is -0.205 e.